The lowest BCUT2D eigenvalue weighted by molar-refractivity contribution is -0.134. The molecule has 1 N–H and O–H groups in total. The SMILES string of the molecule is O=C(Nc1cc(F)c(I)c(F)c1)C1CCN(C(=O)CCc2ccccc2)CC1. The van der Waals surface area contributed by atoms with Gasteiger partial charge in [0.25, 0.3) is 0 Å². The predicted octanol–water partition coefficient (Wildman–Crippen LogP) is 4.38. The van der Waals surface area contributed by atoms with Gasteiger partial charge in [0, 0.05) is 31.1 Å². The van der Waals surface area contributed by atoms with E-state index in [0.29, 0.717) is 38.8 Å². The van der Waals surface area contributed by atoms with Crippen molar-refractivity contribution in [2.75, 3.05) is 18.4 Å². The lowest BCUT2D eigenvalue weighted by Crippen LogP contribution is -2.41. The number of rotatable bonds is 5. The van der Waals surface area contributed by atoms with E-state index in [1.54, 1.807) is 27.5 Å². The Morgan fingerprint density at radius 1 is 1.07 bits per heavy atom. The van der Waals surface area contributed by atoms with Crippen molar-refractivity contribution in [2.45, 2.75) is 25.7 Å². The lowest BCUT2D eigenvalue weighted by atomic mass is 9.95. The molecular weight excluding hydrogens is 477 g/mol. The van der Waals surface area contributed by atoms with Crippen molar-refractivity contribution < 1.29 is 18.4 Å². The van der Waals surface area contributed by atoms with Gasteiger partial charge in [-0.15, -0.1) is 0 Å². The molecule has 0 bridgehead atoms. The molecule has 0 spiro atoms. The minimum atomic E-state index is -0.699. The molecule has 0 saturated carbocycles. The normalized spacial score (nSPS) is 14.8. The first-order chi connectivity index (χ1) is 13.4. The highest BCUT2D eigenvalue weighted by Gasteiger charge is 2.27. The maximum atomic E-state index is 13.6. The lowest BCUT2D eigenvalue weighted by Gasteiger charge is -2.31. The van der Waals surface area contributed by atoms with Gasteiger partial charge in [0.1, 0.15) is 11.6 Å². The van der Waals surface area contributed by atoms with Crippen LogP contribution in [-0.4, -0.2) is 29.8 Å². The van der Waals surface area contributed by atoms with Gasteiger partial charge in [-0.3, -0.25) is 9.59 Å². The summed E-state index contributed by atoms with van der Waals surface area (Å²) in [5.74, 6) is -1.85. The third-order valence-electron chi connectivity index (χ3n) is 4.94. The zero-order valence-electron chi connectivity index (χ0n) is 15.3. The standard InChI is InChI=1S/C21H21F2IN2O2/c22-17-12-16(13-18(23)20(17)24)25-21(28)15-8-10-26(11-9-15)19(27)7-6-14-4-2-1-3-5-14/h1-5,12-13,15H,6-11H2,(H,25,28). The molecule has 7 heteroatoms. The van der Waals surface area contributed by atoms with Crippen LogP contribution < -0.4 is 5.32 Å². The topological polar surface area (TPSA) is 49.4 Å². The third kappa shape index (κ3) is 5.27. The molecule has 1 aliphatic rings. The van der Waals surface area contributed by atoms with Crippen molar-refractivity contribution in [1.29, 1.82) is 0 Å². The Kier molecular flexibility index (Phi) is 6.98. The second kappa shape index (κ2) is 9.45. The fourth-order valence-corrected chi connectivity index (χ4v) is 3.63. The minimum Gasteiger partial charge on any atom is -0.343 e. The molecule has 0 unspecified atom stereocenters. The van der Waals surface area contributed by atoms with E-state index < -0.39 is 11.6 Å². The van der Waals surface area contributed by atoms with E-state index in [-0.39, 0.29) is 27.0 Å². The molecule has 1 aliphatic heterocycles. The van der Waals surface area contributed by atoms with E-state index in [0.717, 1.165) is 17.7 Å². The Balaban J connectivity index is 1.48. The van der Waals surface area contributed by atoms with Crippen molar-refractivity contribution in [2.24, 2.45) is 5.92 Å². The van der Waals surface area contributed by atoms with Crippen LogP contribution in [0.4, 0.5) is 14.5 Å². The number of piperidine rings is 1. The van der Waals surface area contributed by atoms with E-state index in [4.69, 9.17) is 0 Å². The Bertz CT molecular complexity index is 830. The first-order valence-electron chi connectivity index (χ1n) is 9.21. The van der Waals surface area contributed by atoms with E-state index in [2.05, 4.69) is 5.32 Å². The maximum Gasteiger partial charge on any atom is 0.227 e. The molecule has 2 aromatic rings. The molecule has 2 aromatic carbocycles. The second-order valence-electron chi connectivity index (χ2n) is 6.88. The van der Waals surface area contributed by atoms with Gasteiger partial charge in [-0.1, -0.05) is 30.3 Å². The summed E-state index contributed by atoms with van der Waals surface area (Å²) in [5.41, 5.74) is 1.24. The van der Waals surface area contributed by atoms with Gasteiger partial charge in [-0.05, 0) is 59.5 Å². The highest BCUT2D eigenvalue weighted by atomic mass is 127. The summed E-state index contributed by atoms with van der Waals surface area (Å²) in [6.07, 6.45) is 2.22. The second-order valence-corrected chi connectivity index (χ2v) is 7.96. The average molecular weight is 498 g/mol. The number of benzene rings is 2. The fourth-order valence-electron chi connectivity index (χ4n) is 3.32. The number of nitrogens with zero attached hydrogens (tertiary/aromatic N) is 1. The first kappa shape index (κ1) is 20.7. The largest absolute Gasteiger partial charge is 0.343 e. The first-order valence-corrected chi connectivity index (χ1v) is 10.3. The number of hydrogen-bond acceptors (Lipinski definition) is 2. The third-order valence-corrected chi connectivity index (χ3v) is 5.97. The van der Waals surface area contributed by atoms with Crippen LogP contribution in [0.2, 0.25) is 0 Å². The summed E-state index contributed by atoms with van der Waals surface area (Å²) in [6, 6.07) is 12.1. The predicted molar refractivity (Wildman–Crippen MR) is 112 cm³/mol. The highest BCUT2D eigenvalue weighted by molar-refractivity contribution is 14.1. The fraction of sp³-hybridized carbons (Fsp3) is 0.333. The summed E-state index contributed by atoms with van der Waals surface area (Å²) in [7, 11) is 0. The summed E-state index contributed by atoms with van der Waals surface area (Å²) >= 11 is 1.58. The number of aryl methyl sites for hydroxylation is 1. The van der Waals surface area contributed by atoms with Crippen LogP contribution in [0, 0.1) is 21.1 Å². The molecule has 0 atom stereocenters. The number of amides is 2. The number of carbonyl (C=O) groups excluding carboxylic acids is 2. The summed E-state index contributed by atoms with van der Waals surface area (Å²) in [4.78, 5) is 26.6. The Labute approximate surface area is 176 Å². The zero-order valence-corrected chi connectivity index (χ0v) is 17.4. The number of nitrogens with one attached hydrogen (secondary N) is 1. The van der Waals surface area contributed by atoms with E-state index in [1.165, 1.54) is 0 Å². The smallest absolute Gasteiger partial charge is 0.227 e. The number of likely N-dealkylation sites (tertiary alicyclic amines) is 1. The van der Waals surface area contributed by atoms with E-state index >= 15 is 0 Å². The summed E-state index contributed by atoms with van der Waals surface area (Å²) in [6.45, 7) is 1.03. The number of hydrogen-bond donors (Lipinski definition) is 1. The number of anilines is 1. The summed E-state index contributed by atoms with van der Waals surface area (Å²) < 4.78 is 27.2. The molecule has 1 fully saturated rings. The molecule has 148 valence electrons. The molecule has 1 heterocycles. The minimum absolute atomic E-state index is 0.0875. The molecular formula is C21H21F2IN2O2. The van der Waals surface area contributed by atoms with Crippen molar-refractivity contribution in [3.63, 3.8) is 0 Å². The van der Waals surface area contributed by atoms with Crippen molar-refractivity contribution in [3.05, 3.63) is 63.2 Å². The van der Waals surface area contributed by atoms with E-state index in [9.17, 15) is 18.4 Å². The van der Waals surface area contributed by atoms with Gasteiger partial charge < -0.3 is 10.2 Å². The van der Waals surface area contributed by atoms with Gasteiger partial charge in [0.05, 0.1) is 3.57 Å². The number of carbonyl (C=O) groups is 2. The van der Waals surface area contributed by atoms with Crippen LogP contribution in [-0.2, 0) is 16.0 Å². The van der Waals surface area contributed by atoms with Gasteiger partial charge in [0.15, 0.2) is 0 Å². The van der Waals surface area contributed by atoms with Crippen LogP contribution >= 0.6 is 22.6 Å². The average Bonchev–Trinajstić information content (AvgIpc) is 2.71. The van der Waals surface area contributed by atoms with Gasteiger partial charge in [-0.2, -0.15) is 0 Å². The van der Waals surface area contributed by atoms with Crippen LogP contribution in [0.5, 0.6) is 0 Å². The van der Waals surface area contributed by atoms with Gasteiger partial charge >= 0.3 is 0 Å². The molecule has 0 radical (unpaired) electrons. The molecule has 0 aliphatic carbocycles. The monoisotopic (exact) mass is 498 g/mol. The Morgan fingerprint density at radius 3 is 2.29 bits per heavy atom. The van der Waals surface area contributed by atoms with Crippen LogP contribution in [0.1, 0.15) is 24.8 Å². The van der Waals surface area contributed by atoms with Gasteiger partial charge in [-0.25, -0.2) is 8.78 Å². The van der Waals surface area contributed by atoms with Crippen LogP contribution in [0.3, 0.4) is 0 Å². The Morgan fingerprint density at radius 2 is 1.68 bits per heavy atom. The van der Waals surface area contributed by atoms with Crippen molar-refractivity contribution in [3.8, 4) is 0 Å². The molecule has 0 aromatic heterocycles. The molecule has 28 heavy (non-hydrogen) atoms. The van der Waals surface area contributed by atoms with Gasteiger partial charge in [0.2, 0.25) is 11.8 Å². The summed E-state index contributed by atoms with van der Waals surface area (Å²) in [5, 5.41) is 2.59. The zero-order chi connectivity index (χ0) is 20.1. The molecule has 3 rings (SSSR count). The van der Waals surface area contributed by atoms with Crippen molar-refractivity contribution in [1.82, 2.24) is 4.90 Å². The van der Waals surface area contributed by atoms with E-state index in [1.807, 2.05) is 30.3 Å². The van der Waals surface area contributed by atoms with Crippen LogP contribution in [0.25, 0.3) is 0 Å². The number of halogens is 3. The molecule has 2 amide bonds. The highest BCUT2D eigenvalue weighted by Crippen LogP contribution is 2.23. The Hall–Kier alpha value is -2.03. The van der Waals surface area contributed by atoms with Crippen molar-refractivity contribution >= 4 is 40.1 Å². The molecule has 1 saturated heterocycles. The molecule has 4 nitrogen and oxygen atoms in total. The quantitative estimate of drug-likeness (QED) is 0.492. The maximum absolute atomic E-state index is 13.6. The van der Waals surface area contributed by atoms with Crippen LogP contribution in [0.15, 0.2) is 42.5 Å².